The Morgan fingerprint density at radius 3 is 2.58 bits per heavy atom. The van der Waals surface area contributed by atoms with E-state index in [0.717, 1.165) is 19.1 Å². The van der Waals surface area contributed by atoms with E-state index in [1.807, 2.05) is 13.8 Å². The minimum atomic E-state index is -0.409. The summed E-state index contributed by atoms with van der Waals surface area (Å²) in [5.41, 5.74) is 0. The van der Waals surface area contributed by atoms with Crippen molar-refractivity contribution in [1.29, 1.82) is 0 Å². The van der Waals surface area contributed by atoms with Gasteiger partial charge in [0, 0.05) is 6.42 Å². The predicted octanol–water partition coefficient (Wildman–Crippen LogP) is 1.51. The SMILES string of the molecule is CCC1(CC)OC[C@@H](CC=O)O1. The van der Waals surface area contributed by atoms with Gasteiger partial charge in [-0.3, -0.25) is 0 Å². The van der Waals surface area contributed by atoms with Gasteiger partial charge in [-0.25, -0.2) is 0 Å². The van der Waals surface area contributed by atoms with E-state index >= 15 is 0 Å². The van der Waals surface area contributed by atoms with E-state index in [2.05, 4.69) is 0 Å². The van der Waals surface area contributed by atoms with E-state index in [1.54, 1.807) is 0 Å². The maximum Gasteiger partial charge on any atom is 0.168 e. The third kappa shape index (κ3) is 1.84. The van der Waals surface area contributed by atoms with Crippen molar-refractivity contribution in [3.63, 3.8) is 0 Å². The lowest BCUT2D eigenvalue weighted by molar-refractivity contribution is -0.172. The second kappa shape index (κ2) is 4.01. The van der Waals surface area contributed by atoms with Crippen molar-refractivity contribution < 1.29 is 14.3 Å². The molecule has 12 heavy (non-hydrogen) atoms. The Morgan fingerprint density at radius 1 is 1.50 bits per heavy atom. The Hall–Kier alpha value is -0.410. The van der Waals surface area contributed by atoms with Crippen LogP contribution in [0.25, 0.3) is 0 Å². The van der Waals surface area contributed by atoms with Gasteiger partial charge in [-0.1, -0.05) is 13.8 Å². The smallest absolute Gasteiger partial charge is 0.168 e. The Kier molecular flexibility index (Phi) is 3.23. The second-order valence-corrected chi connectivity index (χ2v) is 3.07. The molecule has 1 heterocycles. The maximum atomic E-state index is 10.2. The number of carbonyl (C=O) groups excluding carboxylic acids is 1. The van der Waals surface area contributed by atoms with Crippen molar-refractivity contribution in [2.75, 3.05) is 6.61 Å². The summed E-state index contributed by atoms with van der Waals surface area (Å²) in [7, 11) is 0. The first-order valence-corrected chi connectivity index (χ1v) is 4.51. The highest BCUT2D eigenvalue weighted by atomic mass is 16.7. The Labute approximate surface area is 73.0 Å². The van der Waals surface area contributed by atoms with Crippen LogP contribution in [0.1, 0.15) is 33.1 Å². The summed E-state index contributed by atoms with van der Waals surface area (Å²) in [4.78, 5) is 10.2. The molecule has 0 spiro atoms. The third-order valence-corrected chi connectivity index (χ3v) is 2.35. The molecule has 0 aromatic carbocycles. The van der Waals surface area contributed by atoms with Crippen molar-refractivity contribution in [3.05, 3.63) is 0 Å². The van der Waals surface area contributed by atoms with Crippen LogP contribution in [0.2, 0.25) is 0 Å². The molecule has 1 saturated heterocycles. The molecule has 1 aliphatic rings. The largest absolute Gasteiger partial charge is 0.347 e. The molecule has 0 aliphatic carbocycles. The first-order chi connectivity index (χ1) is 5.76. The van der Waals surface area contributed by atoms with Crippen molar-refractivity contribution >= 4 is 6.29 Å². The third-order valence-electron chi connectivity index (χ3n) is 2.35. The van der Waals surface area contributed by atoms with Crippen molar-refractivity contribution in [1.82, 2.24) is 0 Å². The minimum absolute atomic E-state index is 0.0256. The van der Waals surface area contributed by atoms with Crippen molar-refractivity contribution in [2.45, 2.75) is 45.0 Å². The molecule has 0 radical (unpaired) electrons. The van der Waals surface area contributed by atoms with Crippen LogP contribution in [0.5, 0.6) is 0 Å². The van der Waals surface area contributed by atoms with Crippen LogP contribution in [0.15, 0.2) is 0 Å². The molecular formula is C9H16O3. The van der Waals surface area contributed by atoms with Gasteiger partial charge >= 0.3 is 0 Å². The van der Waals surface area contributed by atoms with Gasteiger partial charge in [-0.2, -0.15) is 0 Å². The van der Waals surface area contributed by atoms with Crippen LogP contribution in [-0.4, -0.2) is 24.8 Å². The Bertz CT molecular complexity index is 152. The number of carbonyl (C=O) groups is 1. The summed E-state index contributed by atoms with van der Waals surface area (Å²) in [6, 6.07) is 0. The van der Waals surface area contributed by atoms with Crippen LogP contribution >= 0.6 is 0 Å². The summed E-state index contributed by atoms with van der Waals surface area (Å²) < 4.78 is 11.2. The molecule has 0 amide bonds. The number of ether oxygens (including phenoxy) is 2. The Morgan fingerprint density at radius 2 is 2.17 bits per heavy atom. The lowest BCUT2D eigenvalue weighted by atomic mass is 10.1. The van der Waals surface area contributed by atoms with Crippen LogP contribution in [0.4, 0.5) is 0 Å². The molecule has 0 saturated carbocycles. The van der Waals surface area contributed by atoms with Crippen LogP contribution in [0, 0.1) is 0 Å². The second-order valence-electron chi connectivity index (χ2n) is 3.07. The zero-order valence-electron chi connectivity index (χ0n) is 7.71. The molecule has 3 heteroatoms. The Balaban J connectivity index is 2.46. The van der Waals surface area contributed by atoms with Crippen LogP contribution in [-0.2, 0) is 14.3 Å². The molecule has 1 fully saturated rings. The highest BCUT2D eigenvalue weighted by Crippen LogP contribution is 2.30. The molecule has 1 atom stereocenters. The lowest BCUT2D eigenvalue weighted by Gasteiger charge is -2.24. The summed E-state index contributed by atoms with van der Waals surface area (Å²) in [6.45, 7) is 4.62. The first kappa shape index (κ1) is 9.68. The fourth-order valence-electron chi connectivity index (χ4n) is 1.46. The summed E-state index contributed by atoms with van der Waals surface area (Å²) in [5.74, 6) is -0.409. The molecule has 0 N–H and O–H groups in total. The summed E-state index contributed by atoms with van der Waals surface area (Å²) in [5, 5.41) is 0. The molecule has 0 bridgehead atoms. The van der Waals surface area contributed by atoms with E-state index in [4.69, 9.17) is 9.47 Å². The van der Waals surface area contributed by atoms with E-state index < -0.39 is 5.79 Å². The average molecular weight is 172 g/mol. The zero-order valence-corrected chi connectivity index (χ0v) is 7.71. The monoisotopic (exact) mass is 172 g/mol. The summed E-state index contributed by atoms with van der Waals surface area (Å²) in [6.07, 6.45) is 3.00. The van der Waals surface area contributed by atoms with E-state index in [-0.39, 0.29) is 6.10 Å². The highest BCUT2D eigenvalue weighted by molar-refractivity contribution is 5.50. The molecule has 0 aromatic heterocycles. The van der Waals surface area contributed by atoms with Gasteiger partial charge in [0.15, 0.2) is 5.79 Å². The van der Waals surface area contributed by atoms with Gasteiger partial charge in [-0.05, 0) is 12.8 Å². The molecule has 0 unspecified atom stereocenters. The first-order valence-electron chi connectivity index (χ1n) is 4.51. The average Bonchev–Trinajstić information content (AvgIpc) is 2.50. The standard InChI is InChI=1S/C9H16O3/c1-3-9(4-2)11-7-8(12-9)5-6-10/h6,8H,3-5,7H2,1-2H3/t8-/m1/s1. The van der Waals surface area contributed by atoms with Gasteiger partial charge < -0.3 is 14.3 Å². The number of rotatable bonds is 4. The van der Waals surface area contributed by atoms with Crippen molar-refractivity contribution in [3.8, 4) is 0 Å². The van der Waals surface area contributed by atoms with Crippen LogP contribution < -0.4 is 0 Å². The van der Waals surface area contributed by atoms with E-state index in [9.17, 15) is 4.79 Å². The minimum Gasteiger partial charge on any atom is -0.347 e. The quantitative estimate of drug-likeness (QED) is 0.603. The van der Waals surface area contributed by atoms with Gasteiger partial charge in [0.1, 0.15) is 6.29 Å². The molecule has 0 aromatic rings. The fraction of sp³-hybridized carbons (Fsp3) is 0.889. The molecule has 1 aliphatic heterocycles. The summed E-state index contributed by atoms with van der Waals surface area (Å²) >= 11 is 0. The van der Waals surface area contributed by atoms with Gasteiger partial charge in [0.2, 0.25) is 0 Å². The highest BCUT2D eigenvalue weighted by Gasteiger charge is 2.37. The fourth-order valence-corrected chi connectivity index (χ4v) is 1.46. The zero-order chi connectivity index (χ0) is 9.03. The molecule has 70 valence electrons. The predicted molar refractivity (Wildman–Crippen MR) is 44.8 cm³/mol. The van der Waals surface area contributed by atoms with Gasteiger partial charge in [0.05, 0.1) is 12.7 Å². The van der Waals surface area contributed by atoms with E-state index in [1.165, 1.54) is 0 Å². The number of aldehydes is 1. The number of hydrogen-bond donors (Lipinski definition) is 0. The number of hydrogen-bond acceptors (Lipinski definition) is 3. The van der Waals surface area contributed by atoms with Crippen LogP contribution in [0.3, 0.4) is 0 Å². The maximum absolute atomic E-state index is 10.2. The normalized spacial score (nSPS) is 27.3. The van der Waals surface area contributed by atoms with Gasteiger partial charge in [-0.15, -0.1) is 0 Å². The molecular weight excluding hydrogens is 156 g/mol. The topological polar surface area (TPSA) is 35.5 Å². The molecule has 3 nitrogen and oxygen atoms in total. The van der Waals surface area contributed by atoms with E-state index in [0.29, 0.717) is 13.0 Å². The lowest BCUT2D eigenvalue weighted by Crippen LogP contribution is -2.28. The molecule has 1 rings (SSSR count). The van der Waals surface area contributed by atoms with Crippen molar-refractivity contribution in [2.24, 2.45) is 0 Å². The van der Waals surface area contributed by atoms with Gasteiger partial charge in [0.25, 0.3) is 0 Å².